The summed E-state index contributed by atoms with van der Waals surface area (Å²) in [5.74, 6) is -0.786. The second-order valence-electron chi connectivity index (χ2n) is 6.31. The molecule has 1 fully saturated rings. The van der Waals surface area contributed by atoms with Crippen molar-refractivity contribution in [1.82, 2.24) is 10.2 Å². The number of benzene rings is 1. The van der Waals surface area contributed by atoms with Gasteiger partial charge in [-0.2, -0.15) is 0 Å². The Balaban J connectivity index is 1.73. The van der Waals surface area contributed by atoms with Crippen LogP contribution in [0.5, 0.6) is 5.75 Å². The fraction of sp³-hybridized carbons (Fsp3) is 0.353. The van der Waals surface area contributed by atoms with E-state index in [4.69, 9.17) is 11.6 Å². The van der Waals surface area contributed by atoms with Crippen LogP contribution in [0.15, 0.2) is 41.7 Å². The van der Waals surface area contributed by atoms with Gasteiger partial charge in [0.15, 0.2) is 0 Å². The molecule has 7 nitrogen and oxygen atoms in total. The maximum absolute atomic E-state index is 12.9. The predicted octanol–water partition coefficient (Wildman–Crippen LogP) is 2.50. The number of amides is 2. The van der Waals surface area contributed by atoms with Crippen LogP contribution in [0, 0.1) is 5.41 Å². The Morgan fingerprint density at radius 2 is 2.15 bits per heavy atom. The van der Waals surface area contributed by atoms with E-state index in [2.05, 4.69) is 20.4 Å². The zero-order chi connectivity index (χ0) is 19.7. The molecule has 2 aliphatic heterocycles. The molecule has 0 aromatic heterocycles. The fourth-order valence-electron chi connectivity index (χ4n) is 2.85. The fourth-order valence-corrected chi connectivity index (χ4v) is 2.94. The smallest absolute Gasteiger partial charge is 0.420 e. The molecule has 2 amide bonds. The summed E-state index contributed by atoms with van der Waals surface area (Å²) in [6.45, 7) is 2.05. The highest BCUT2D eigenvalue weighted by Crippen LogP contribution is 2.31. The molecule has 0 bridgehead atoms. The Bertz CT molecular complexity index is 794. The number of aliphatic imine (C=N–C) groups is 1. The average Bonchev–Trinajstić information content (AvgIpc) is 2.95. The van der Waals surface area contributed by atoms with E-state index < -0.39 is 17.1 Å². The van der Waals surface area contributed by atoms with E-state index in [1.165, 1.54) is 47.8 Å². The molecule has 144 valence electrons. The van der Waals surface area contributed by atoms with Gasteiger partial charge in [-0.25, -0.2) is 0 Å². The average molecular weight is 399 g/mol. The Kier molecular flexibility index (Phi) is 5.05. The van der Waals surface area contributed by atoms with Gasteiger partial charge in [-0.15, -0.1) is 8.78 Å². The van der Waals surface area contributed by atoms with E-state index in [-0.39, 0.29) is 17.6 Å². The van der Waals surface area contributed by atoms with E-state index >= 15 is 0 Å². The van der Waals surface area contributed by atoms with E-state index in [0.29, 0.717) is 18.7 Å². The Morgan fingerprint density at radius 1 is 1.44 bits per heavy atom. The molecule has 27 heavy (non-hydrogen) atoms. The van der Waals surface area contributed by atoms with Gasteiger partial charge < -0.3 is 15.4 Å². The van der Waals surface area contributed by atoms with Crippen molar-refractivity contribution in [3.8, 4) is 5.75 Å². The number of anilines is 1. The summed E-state index contributed by atoms with van der Waals surface area (Å²) < 4.78 is 29.6. The first kappa shape index (κ1) is 19.1. The van der Waals surface area contributed by atoms with Crippen molar-refractivity contribution in [2.75, 3.05) is 11.9 Å². The number of nitrogens with one attached hydrogen (secondary N) is 2. The van der Waals surface area contributed by atoms with Crippen molar-refractivity contribution in [1.29, 1.82) is 0 Å². The number of halogens is 3. The summed E-state index contributed by atoms with van der Waals surface area (Å²) in [7, 11) is 0. The van der Waals surface area contributed by atoms with E-state index in [1.807, 2.05) is 0 Å². The van der Waals surface area contributed by atoms with Crippen molar-refractivity contribution in [2.24, 2.45) is 10.4 Å². The largest absolute Gasteiger partial charge is 0.487 e. The van der Waals surface area contributed by atoms with Crippen LogP contribution in [0.3, 0.4) is 0 Å². The van der Waals surface area contributed by atoms with Crippen LogP contribution in [0.25, 0.3) is 0 Å². The minimum absolute atomic E-state index is 0.110. The number of rotatable bonds is 5. The number of carbonyl (C=O) groups is 2. The molecule has 0 saturated carbocycles. The maximum Gasteiger partial charge on any atom is 0.487 e. The molecule has 0 spiro atoms. The zero-order valence-corrected chi connectivity index (χ0v) is 15.0. The monoisotopic (exact) mass is 398 g/mol. The highest BCUT2D eigenvalue weighted by Gasteiger charge is 2.47. The second kappa shape index (κ2) is 7.15. The lowest BCUT2D eigenvalue weighted by Gasteiger charge is -2.33. The summed E-state index contributed by atoms with van der Waals surface area (Å²) in [4.78, 5) is 30.4. The minimum atomic E-state index is -3.80. The van der Waals surface area contributed by atoms with Crippen molar-refractivity contribution < 1.29 is 23.1 Å². The molecule has 2 aliphatic rings. The third-order valence-electron chi connectivity index (χ3n) is 4.36. The molecule has 2 atom stereocenters. The number of ether oxygens (including phenoxy) is 1. The Morgan fingerprint density at radius 3 is 2.74 bits per heavy atom. The van der Waals surface area contributed by atoms with Crippen molar-refractivity contribution >= 4 is 35.3 Å². The minimum Gasteiger partial charge on any atom is -0.420 e. The van der Waals surface area contributed by atoms with Crippen LogP contribution in [-0.4, -0.2) is 41.2 Å². The van der Waals surface area contributed by atoms with Crippen LogP contribution in [0.2, 0.25) is 0 Å². The molecule has 2 unspecified atom stereocenters. The Hall–Kier alpha value is -2.68. The van der Waals surface area contributed by atoms with Crippen LogP contribution in [0.1, 0.15) is 13.3 Å². The van der Waals surface area contributed by atoms with Gasteiger partial charge in [0.05, 0.1) is 0 Å². The Labute approximate surface area is 159 Å². The van der Waals surface area contributed by atoms with Crippen molar-refractivity contribution in [3.63, 3.8) is 0 Å². The van der Waals surface area contributed by atoms with Gasteiger partial charge in [-0.3, -0.25) is 19.5 Å². The van der Waals surface area contributed by atoms with Gasteiger partial charge in [-0.1, -0.05) is 0 Å². The number of carbonyl (C=O) groups excluding carboxylic acids is 2. The van der Waals surface area contributed by atoms with E-state index in [1.54, 1.807) is 6.92 Å². The standard InChI is InChI=1S/C17H17ClF2N4O3/c1-16(6-7-22-14(16)25)15(26)24-9-8-21-10-13(24)23-11-2-4-12(5-3-11)27-17(18,19)20/h2-5,8-10,13,23H,6-7H2,1H3,(H,22,25). The number of hydrogen-bond acceptors (Lipinski definition) is 5. The lowest BCUT2D eigenvalue weighted by Crippen LogP contribution is -2.51. The first-order valence-electron chi connectivity index (χ1n) is 8.12. The van der Waals surface area contributed by atoms with Gasteiger partial charge in [0.2, 0.25) is 11.8 Å². The van der Waals surface area contributed by atoms with Crippen LogP contribution >= 0.6 is 11.6 Å². The van der Waals surface area contributed by atoms with Crippen molar-refractivity contribution in [2.45, 2.75) is 25.1 Å². The summed E-state index contributed by atoms with van der Waals surface area (Å²) in [5.41, 5.74) is -4.42. The summed E-state index contributed by atoms with van der Waals surface area (Å²) >= 11 is 4.73. The van der Waals surface area contributed by atoms with Gasteiger partial charge in [0.1, 0.15) is 17.3 Å². The summed E-state index contributed by atoms with van der Waals surface area (Å²) in [6, 6.07) is 5.62. The molecule has 0 aliphatic carbocycles. The lowest BCUT2D eigenvalue weighted by atomic mass is 9.87. The maximum atomic E-state index is 12.9. The highest BCUT2D eigenvalue weighted by molar-refractivity contribution is 6.20. The SMILES string of the molecule is CC1(C(=O)N2C=CN=CC2Nc2ccc(OC(F)(F)Cl)cc2)CCNC1=O. The van der Waals surface area contributed by atoms with Crippen LogP contribution < -0.4 is 15.4 Å². The third kappa shape index (κ3) is 4.19. The first-order chi connectivity index (χ1) is 12.7. The summed E-state index contributed by atoms with van der Waals surface area (Å²) in [5, 5.41) is 5.72. The lowest BCUT2D eigenvalue weighted by molar-refractivity contribution is -0.145. The molecule has 1 aromatic carbocycles. The molecule has 1 aromatic rings. The topological polar surface area (TPSA) is 83.0 Å². The van der Waals surface area contributed by atoms with Gasteiger partial charge in [0.25, 0.3) is 0 Å². The van der Waals surface area contributed by atoms with E-state index in [0.717, 1.165) is 0 Å². The molecule has 3 rings (SSSR count). The molecule has 1 saturated heterocycles. The third-order valence-corrected chi connectivity index (χ3v) is 4.44. The van der Waals surface area contributed by atoms with Crippen LogP contribution in [-0.2, 0) is 9.59 Å². The first-order valence-corrected chi connectivity index (χ1v) is 8.50. The predicted molar refractivity (Wildman–Crippen MR) is 95.5 cm³/mol. The number of alkyl halides is 3. The zero-order valence-electron chi connectivity index (χ0n) is 14.3. The van der Waals surface area contributed by atoms with Crippen LogP contribution in [0.4, 0.5) is 14.5 Å². The molecule has 10 heteroatoms. The molecule has 2 heterocycles. The van der Waals surface area contributed by atoms with Gasteiger partial charge in [0, 0.05) is 42.4 Å². The van der Waals surface area contributed by atoms with E-state index in [9.17, 15) is 18.4 Å². The second-order valence-corrected chi connectivity index (χ2v) is 6.75. The van der Waals surface area contributed by atoms with Crippen molar-refractivity contribution in [3.05, 3.63) is 36.7 Å². The normalized spacial score (nSPS) is 24.7. The number of hydrogen-bond donors (Lipinski definition) is 2. The molecule has 2 N–H and O–H groups in total. The molecule has 0 radical (unpaired) electrons. The van der Waals surface area contributed by atoms with Gasteiger partial charge >= 0.3 is 5.57 Å². The number of nitrogens with zero attached hydrogens (tertiary/aromatic N) is 2. The molecular weight excluding hydrogens is 382 g/mol. The molecular formula is C17H17ClF2N4O3. The quantitative estimate of drug-likeness (QED) is 0.589. The van der Waals surface area contributed by atoms with Gasteiger partial charge in [-0.05, 0) is 37.6 Å². The summed E-state index contributed by atoms with van der Waals surface area (Å²) in [6.07, 6.45) is 4.20. The highest BCUT2D eigenvalue weighted by atomic mass is 35.5.